The lowest BCUT2D eigenvalue weighted by atomic mass is 10.0. The number of amidine groups is 1. The quantitative estimate of drug-likeness (QED) is 0.236. The maximum absolute atomic E-state index is 11.8. The molecule has 0 radical (unpaired) electrons. The number of rotatable bonds is 6. The van der Waals surface area contributed by atoms with Gasteiger partial charge in [0.25, 0.3) is 10.2 Å². The fraction of sp³-hybridized carbons (Fsp3) is 0.900. The van der Waals surface area contributed by atoms with Gasteiger partial charge in [0, 0.05) is 18.5 Å². The van der Waals surface area contributed by atoms with Gasteiger partial charge in [0.2, 0.25) is 0 Å². The number of hydrogen-bond donors (Lipinski definition) is 4. The average Bonchev–Trinajstić information content (AvgIpc) is 2.73. The van der Waals surface area contributed by atoms with Crippen LogP contribution in [0.5, 0.6) is 0 Å². The first-order valence-electron chi connectivity index (χ1n) is 6.10. The van der Waals surface area contributed by atoms with Gasteiger partial charge in [0.15, 0.2) is 0 Å². The van der Waals surface area contributed by atoms with Gasteiger partial charge >= 0.3 is 0 Å². The zero-order valence-electron chi connectivity index (χ0n) is 10.8. The van der Waals surface area contributed by atoms with Crippen LogP contribution in [-0.4, -0.2) is 32.0 Å². The number of nitrogens with two attached hydrogens (primary N) is 1. The molecule has 0 heterocycles. The first kappa shape index (κ1) is 15.2. The van der Waals surface area contributed by atoms with E-state index in [1.165, 1.54) is 0 Å². The van der Waals surface area contributed by atoms with Crippen LogP contribution < -0.4 is 15.2 Å². The lowest BCUT2D eigenvalue weighted by molar-refractivity contribution is 0.312. The van der Waals surface area contributed by atoms with Crippen molar-refractivity contribution < 1.29 is 13.6 Å². The molecule has 2 atom stereocenters. The molecule has 1 saturated carbocycles. The monoisotopic (exact) mass is 278 g/mol. The Bertz CT molecular complexity index is 394. The Hall–Kier alpha value is -0.860. The fourth-order valence-corrected chi connectivity index (χ4v) is 3.36. The average molecular weight is 278 g/mol. The van der Waals surface area contributed by atoms with Gasteiger partial charge in [-0.15, -0.1) is 0 Å². The van der Waals surface area contributed by atoms with Gasteiger partial charge in [-0.1, -0.05) is 25.4 Å². The summed E-state index contributed by atoms with van der Waals surface area (Å²) in [6.45, 7) is 4.24. The third-order valence-electron chi connectivity index (χ3n) is 3.00. The number of nitrogens with one attached hydrogen (secondary N) is 2. The minimum atomic E-state index is -3.53. The maximum Gasteiger partial charge on any atom is 0.277 e. The van der Waals surface area contributed by atoms with Crippen LogP contribution in [0.25, 0.3) is 0 Å². The van der Waals surface area contributed by atoms with Gasteiger partial charge in [-0.05, 0) is 18.8 Å². The second-order valence-corrected chi connectivity index (χ2v) is 6.56. The zero-order valence-corrected chi connectivity index (χ0v) is 11.6. The topological polar surface area (TPSA) is 117 Å². The molecule has 18 heavy (non-hydrogen) atoms. The van der Waals surface area contributed by atoms with E-state index in [2.05, 4.69) is 14.6 Å². The van der Waals surface area contributed by atoms with Gasteiger partial charge in [0.05, 0.1) is 0 Å². The summed E-state index contributed by atoms with van der Waals surface area (Å²) in [5, 5.41) is 11.6. The number of oxime groups is 1. The summed E-state index contributed by atoms with van der Waals surface area (Å²) in [7, 11) is -3.53. The summed E-state index contributed by atoms with van der Waals surface area (Å²) in [6.07, 6.45) is 2.29. The molecule has 106 valence electrons. The van der Waals surface area contributed by atoms with E-state index in [-0.39, 0.29) is 23.7 Å². The molecule has 0 amide bonds. The first-order valence-corrected chi connectivity index (χ1v) is 7.58. The smallest absolute Gasteiger partial charge is 0.277 e. The fourth-order valence-electron chi connectivity index (χ4n) is 2.05. The Kier molecular flexibility index (Phi) is 5.36. The van der Waals surface area contributed by atoms with Crippen LogP contribution in [0.4, 0.5) is 0 Å². The molecule has 7 nitrogen and oxygen atoms in total. The highest BCUT2D eigenvalue weighted by Gasteiger charge is 2.33. The molecule has 0 aliphatic heterocycles. The molecular formula is C10H22N4O3S. The van der Waals surface area contributed by atoms with Crippen molar-refractivity contribution in [3.05, 3.63) is 0 Å². The summed E-state index contributed by atoms with van der Waals surface area (Å²) in [5.41, 5.74) is 5.55. The molecule has 0 bridgehead atoms. The SMILES string of the molecule is CC(C)CNS(=O)(=O)NC1CCCC1C(N)=NO. The van der Waals surface area contributed by atoms with Gasteiger partial charge in [-0.25, -0.2) is 4.72 Å². The second kappa shape index (κ2) is 6.35. The Morgan fingerprint density at radius 1 is 1.50 bits per heavy atom. The standard InChI is InChI=1S/C10H22N4O3S/c1-7(2)6-12-18(16,17)14-9-5-3-4-8(9)10(11)13-15/h7-9,12,14-15H,3-6H2,1-2H3,(H2,11,13). The Balaban J connectivity index is 2.60. The molecular weight excluding hydrogens is 256 g/mol. The molecule has 1 aliphatic rings. The Morgan fingerprint density at radius 2 is 2.17 bits per heavy atom. The van der Waals surface area contributed by atoms with Gasteiger partial charge < -0.3 is 10.9 Å². The zero-order chi connectivity index (χ0) is 13.8. The van der Waals surface area contributed by atoms with Crippen molar-refractivity contribution in [1.29, 1.82) is 0 Å². The Labute approximate surface area is 108 Å². The van der Waals surface area contributed by atoms with Crippen LogP contribution in [-0.2, 0) is 10.2 Å². The molecule has 5 N–H and O–H groups in total. The molecule has 0 aromatic heterocycles. The van der Waals surface area contributed by atoms with Gasteiger partial charge in [0.1, 0.15) is 5.84 Å². The van der Waals surface area contributed by atoms with Crippen molar-refractivity contribution in [2.45, 2.75) is 39.2 Å². The van der Waals surface area contributed by atoms with E-state index in [0.717, 1.165) is 12.8 Å². The van der Waals surface area contributed by atoms with Crippen molar-refractivity contribution in [3.63, 3.8) is 0 Å². The van der Waals surface area contributed by atoms with Crippen molar-refractivity contribution in [3.8, 4) is 0 Å². The Morgan fingerprint density at radius 3 is 2.72 bits per heavy atom. The highest BCUT2D eigenvalue weighted by Crippen LogP contribution is 2.26. The van der Waals surface area contributed by atoms with Crippen LogP contribution in [0.3, 0.4) is 0 Å². The highest BCUT2D eigenvalue weighted by molar-refractivity contribution is 7.87. The summed E-state index contributed by atoms with van der Waals surface area (Å²) in [5.74, 6) is 0.0970. The van der Waals surface area contributed by atoms with Crippen molar-refractivity contribution in [1.82, 2.24) is 9.44 Å². The molecule has 0 aromatic carbocycles. The first-order chi connectivity index (χ1) is 8.35. The van der Waals surface area contributed by atoms with E-state index in [1.54, 1.807) is 0 Å². The van der Waals surface area contributed by atoms with Gasteiger partial charge in [-0.3, -0.25) is 0 Å². The minimum absolute atomic E-state index is 0.0871. The molecule has 1 aliphatic carbocycles. The summed E-state index contributed by atoms with van der Waals surface area (Å²) < 4.78 is 28.6. The summed E-state index contributed by atoms with van der Waals surface area (Å²) in [4.78, 5) is 0. The molecule has 0 spiro atoms. The largest absolute Gasteiger partial charge is 0.409 e. The number of hydrogen-bond acceptors (Lipinski definition) is 4. The lowest BCUT2D eigenvalue weighted by Crippen LogP contribution is -2.47. The number of nitrogens with zero attached hydrogens (tertiary/aromatic N) is 1. The third-order valence-corrected chi connectivity index (χ3v) is 4.16. The van der Waals surface area contributed by atoms with Crippen LogP contribution in [0, 0.1) is 11.8 Å². The van der Waals surface area contributed by atoms with E-state index in [9.17, 15) is 8.42 Å². The summed E-state index contributed by atoms with van der Waals surface area (Å²) in [6, 6.07) is -0.300. The van der Waals surface area contributed by atoms with E-state index in [4.69, 9.17) is 10.9 Å². The van der Waals surface area contributed by atoms with Crippen molar-refractivity contribution in [2.75, 3.05) is 6.54 Å². The normalized spacial score (nSPS) is 25.8. The minimum Gasteiger partial charge on any atom is -0.409 e. The molecule has 2 unspecified atom stereocenters. The van der Waals surface area contributed by atoms with Crippen LogP contribution >= 0.6 is 0 Å². The van der Waals surface area contributed by atoms with E-state index < -0.39 is 10.2 Å². The van der Waals surface area contributed by atoms with E-state index >= 15 is 0 Å². The third kappa shape index (κ3) is 4.43. The predicted molar refractivity (Wildman–Crippen MR) is 69.4 cm³/mol. The molecule has 0 aromatic rings. The van der Waals surface area contributed by atoms with Crippen molar-refractivity contribution >= 4 is 16.0 Å². The van der Waals surface area contributed by atoms with E-state index in [0.29, 0.717) is 13.0 Å². The van der Waals surface area contributed by atoms with Crippen LogP contribution in [0.1, 0.15) is 33.1 Å². The van der Waals surface area contributed by atoms with Crippen LogP contribution in [0.15, 0.2) is 5.16 Å². The maximum atomic E-state index is 11.8. The van der Waals surface area contributed by atoms with Crippen molar-refractivity contribution in [2.24, 2.45) is 22.7 Å². The second-order valence-electron chi connectivity index (χ2n) is 5.03. The molecule has 1 fully saturated rings. The summed E-state index contributed by atoms with van der Waals surface area (Å²) >= 11 is 0. The molecule has 8 heteroatoms. The molecule has 0 saturated heterocycles. The molecule has 1 rings (SSSR count). The van der Waals surface area contributed by atoms with Crippen LogP contribution in [0.2, 0.25) is 0 Å². The predicted octanol–water partition coefficient (Wildman–Crippen LogP) is -0.0185. The highest BCUT2D eigenvalue weighted by atomic mass is 32.2. The van der Waals surface area contributed by atoms with Gasteiger partial charge in [-0.2, -0.15) is 13.1 Å². The van der Waals surface area contributed by atoms with E-state index in [1.807, 2.05) is 13.8 Å². The lowest BCUT2D eigenvalue weighted by Gasteiger charge is -2.20.